The molecule has 7 nitrogen and oxygen atoms in total. The molecule has 0 atom stereocenters. The number of benzene rings is 1. The number of hydrogen-bond donors (Lipinski definition) is 0. The Morgan fingerprint density at radius 3 is 2.44 bits per heavy atom. The summed E-state index contributed by atoms with van der Waals surface area (Å²) in [5.74, 6) is 0.378. The maximum Gasteiger partial charge on any atom is 0.261 e. The van der Waals surface area contributed by atoms with Crippen LogP contribution in [0.2, 0.25) is 0 Å². The predicted octanol–water partition coefficient (Wildman–Crippen LogP) is 2.57. The number of nitrogens with zero attached hydrogens (tertiary/aromatic N) is 5. The molecule has 2 aromatic rings. The third kappa shape index (κ3) is 3.06. The van der Waals surface area contributed by atoms with Crippen molar-refractivity contribution in [2.24, 2.45) is 0 Å². The van der Waals surface area contributed by atoms with Crippen LogP contribution in [-0.4, -0.2) is 49.2 Å². The Kier molecular flexibility index (Phi) is 4.52. The van der Waals surface area contributed by atoms with E-state index in [9.17, 15) is 9.59 Å². The number of tetrazole rings is 1. The largest absolute Gasteiger partial charge is 0.274 e. The highest BCUT2D eigenvalue weighted by Gasteiger charge is 2.34. The Hall–Kier alpha value is -2.22. The number of aromatic nitrogens is 4. The van der Waals surface area contributed by atoms with Gasteiger partial charge in [0.05, 0.1) is 17.2 Å². The maximum absolute atomic E-state index is 12.3. The van der Waals surface area contributed by atoms with Gasteiger partial charge in [-0.3, -0.25) is 14.5 Å². The van der Waals surface area contributed by atoms with Gasteiger partial charge in [0.25, 0.3) is 11.8 Å². The average Bonchev–Trinajstić information content (AvgIpc) is 3.35. The minimum absolute atomic E-state index is 0.193. The summed E-state index contributed by atoms with van der Waals surface area (Å²) in [5, 5.41) is 12.9. The fraction of sp³-hybridized carbons (Fsp3) is 0.471. The van der Waals surface area contributed by atoms with Gasteiger partial charge in [0, 0.05) is 12.3 Å². The van der Waals surface area contributed by atoms with Crippen LogP contribution in [0.15, 0.2) is 29.4 Å². The molecule has 1 aromatic heterocycles. The molecule has 25 heavy (non-hydrogen) atoms. The standard InChI is InChI=1S/C17H19N5O2S/c23-15-13-8-3-4-9-14(13)16(24)21(15)10-5-11-25-17-18-19-20-22(17)12-6-1-2-7-12/h3-4,8-9,12H,1-2,5-7,10-11H2. The molecule has 2 aliphatic rings. The van der Waals surface area contributed by atoms with Gasteiger partial charge in [0.2, 0.25) is 5.16 Å². The number of rotatable bonds is 6. The van der Waals surface area contributed by atoms with Gasteiger partial charge >= 0.3 is 0 Å². The lowest BCUT2D eigenvalue weighted by molar-refractivity contribution is 0.0655. The van der Waals surface area contributed by atoms with Crippen molar-refractivity contribution in [1.82, 2.24) is 25.1 Å². The van der Waals surface area contributed by atoms with Crippen molar-refractivity contribution in [3.63, 3.8) is 0 Å². The molecule has 2 heterocycles. The van der Waals surface area contributed by atoms with Gasteiger partial charge in [-0.2, -0.15) is 0 Å². The Bertz CT molecular complexity index is 765. The normalized spacial score (nSPS) is 17.5. The van der Waals surface area contributed by atoms with Crippen molar-refractivity contribution >= 4 is 23.6 Å². The van der Waals surface area contributed by atoms with Gasteiger partial charge in [-0.05, 0) is 41.8 Å². The smallest absolute Gasteiger partial charge is 0.261 e. The highest BCUT2D eigenvalue weighted by molar-refractivity contribution is 7.99. The molecule has 0 bridgehead atoms. The third-order valence-corrected chi connectivity index (χ3v) is 5.79. The molecule has 0 N–H and O–H groups in total. The molecule has 130 valence electrons. The lowest BCUT2D eigenvalue weighted by Gasteiger charge is -2.14. The number of imide groups is 1. The number of thioether (sulfide) groups is 1. The second kappa shape index (κ2) is 6.95. The van der Waals surface area contributed by atoms with Crippen molar-refractivity contribution in [2.45, 2.75) is 43.3 Å². The predicted molar refractivity (Wildman–Crippen MR) is 92.5 cm³/mol. The molecular weight excluding hydrogens is 338 g/mol. The van der Waals surface area contributed by atoms with Crippen LogP contribution in [0.3, 0.4) is 0 Å². The summed E-state index contributed by atoms with van der Waals surface area (Å²) in [5.41, 5.74) is 1.01. The second-order valence-corrected chi connectivity index (χ2v) is 7.42. The summed E-state index contributed by atoms with van der Waals surface area (Å²) in [6, 6.07) is 7.40. The van der Waals surface area contributed by atoms with E-state index in [1.54, 1.807) is 36.0 Å². The zero-order valence-electron chi connectivity index (χ0n) is 13.8. The van der Waals surface area contributed by atoms with Crippen molar-refractivity contribution in [3.8, 4) is 0 Å². The van der Waals surface area contributed by atoms with Crippen LogP contribution in [0.4, 0.5) is 0 Å². The highest BCUT2D eigenvalue weighted by atomic mass is 32.2. The van der Waals surface area contributed by atoms with E-state index in [0.717, 1.165) is 23.8 Å². The molecule has 1 aliphatic heterocycles. The Morgan fingerprint density at radius 1 is 1.08 bits per heavy atom. The van der Waals surface area contributed by atoms with E-state index in [1.165, 1.54) is 17.7 Å². The first-order valence-corrected chi connectivity index (χ1v) is 9.60. The molecule has 0 unspecified atom stereocenters. The Morgan fingerprint density at radius 2 is 1.76 bits per heavy atom. The third-order valence-electron chi connectivity index (χ3n) is 4.77. The molecular formula is C17H19N5O2S. The minimum Gasteiger partial charge on any atom is -0.274 e. The number of amides is 2. The van der Waals surface area contributed by atoms with E-state index in [0.29, 0.717) is 30.1 Å². The van der Waals surface area contributed by atoms with Crippen LogP contribution in [0.5, 0.6) is 0 Å². The van der Waals surface area contributed by atoms with E-state index < -0.39 is 0 Å². The lowest BCUT2D eigenvalue weighted by Crippen LogP contribution is -2.31. The fourth-order valence-corrected chi connectivity index (χ4v) is 4.35. The van der Waals surface area contributed by atoms with Gasteiger partial charge in [-0.15, -0.1) is 5.10 Å². The van der Waals surface area contributed by atoms with Crippen molar-refractivity contribution in [2.75, 3.05) is 12.3 Å². The quantitative estimate of drug-likeness (QED) is 0.449. The summed E-state index contributed by atoms with van der Waals surface area (Å²) in [4.78, 5) is 26.0. The van der Waals surface area contributed by atoms with Gasteiger partial charge in [-0.1, -0.05) is 36.7 Å². The van der Waals surface area contributed by atoms with Gasteiger partial charge in [0.15, 0.2) is 0 Å². The molecule has 2 amide bonds. The van der Waals surface area contributed by atoms with E-state index in [1.807, 2.05) is 4.68 Å². The van der Waals surface area contributed by atoms with Crippen LogP contribution in [0.25, 0.3) is 0 Å². The number of carbonyl (C=O) groups excluding carboxylic acids is 2. The number of fused-ring (bicyclic) bond motifs is 1. The first-order valence-electron chi connectivity index (χ1n) is 8.61. The average molecular weight is 357 g/mol. The molecule has 1 fully saturated rings. The Balaban J connectivity index is 1.32. The first-order chi connectivity index (χ1) is 12.3. The second-order valence-electron chi connectivity index (χ2n) is 6.35. The minimum atomic E-state index is -0.193. The molecule has 0 saturated heterocycles. The van der Waals surface area contributed by atoms with Gasteiger partial charge in [-0.25, -0.2) is 4.68 Å². The summed E-state index contributed by atoms with van der Waals surface area (Å²) >= 11 is 1.59. The van der Waals surface area contributed by atoms with E-state index >= 15 is 0 Å². The van der Waals surface area contributed by atoms with Crippen LogP contribution in [0.1, 0.15) is 58.9 Å². The monoisotopic (exact) mass is 357 g/mol. The SMILES string of the molecule is O=C1c2ccccc2C(=O)N1CCCSc1nnnn1C1CCCC1. The van der Waals surface area contributed by atoms with Crippen LogP contribution in [0, 0.1) is 0 Å². The zero-order chi connectivity index (χ0) is 17.2. The fourth-order valence-electron chi connectivity index (χ4n) is 3.49. The summed E-state index contributed by atoms with van der Waals surface area (Å²) in [6.07, 6.45) is 5.44. The topological polar surface area (TPSA) is 81.0 Å². The van der Waals surface area contributed by atoms with E-state index in [4.69, 9.17) is 0 Å². The van der Waals surface area contributed by atoms with E-state index in [2.05, 4.69) is 15.5 Å². The molecule has 0 radical (unpaired) electrons. The van der Waals surface area contributed by atoms with Crippen LogP contribution in [-0.2, 0) is 0 Å². The summed E-state index contributed by atoms with van der Waals surface area (Å²) in [6.45, 7) is 0.421. The molecule has 1 aliphatic carbocycles. The molecule has 1 saturated carbocycles. The molecule has 4 rings (SSSR count). The van der Waals surface area contributed by atoms with Crippen LogP contribution >= 0.6 is 11.8 Å². The first kappa shape index (κ1) is 16.3. The molecule has 0 spiro atoms. The number of hydrogen-bond acceptors (Lipinski definition) is 6. The Labute approximate surface area is 149 Å². The van der Waals surface area contributed by atoms with Crippen molar-refractivity contribution < 1.29 is 9.59 Å². The van der Waals surface area contributed by atoms with Gasteiger partial charge < -0.3 is 0 Å². The maximum atomic E-state index is 12.3. The summed E-state index contributed by atoms with van der Waals surface area (Å²) in [7, 11) is 0. The van der Waals surface area contributed by atoms with Crippen molar-refractivity contribution in [1.29, 1.82) is 0 Å². The lowest BCUT2D eigenvalue weighted by atomic mass is 10.1. The number of carbonyl (C=O) groups is 2. The van der Waals surface area contributed by atoms with Crippen LogP contribution < -0.4 is 0 Å². The highest BCUT2D eigenvalue weighted by Crippen LogP contribution is 2.31. The zero-order valence-corrected chi connectivity index (χ0v) is 14.6. The molecule has 1 aromatic carbocycles. The van der Waals surface area contributed by atoms with Crippen molar-refractivity contribution in [3.05, 3.63) is 35.4 Å². The van der Waals surface area contributed by atoms with Gasteiger partial charge in [0.1, 0.15) is 0 Å². The summed E-state index contributed by atoms with van der Waals surface area (Å²) < 4.78 is 1.93. The van der Waals surface area contributed by atoms with E-state index in [-0.39, 0.29) is 11.8 Å². The molecule has 8 heteroatoms.